The number of thioether (sulfide) groups is 1. The van der Waals surface area contributed by atoms with Crippen LogP contribution in [0.15, 0.2) is 72.9 Å². The molecule has 4 N–H and O–H groups in total. The van der Waals surface area contributed by atoms with Gasteiger partial charge in [-0.05, 0) is 48.2 Å². The summed E-state index contributed by atoms with van der Waals surface area (Å²) in [4.78, 5) is 61.4. The monoisotopic (exact) mass is 881 g/mol. The number of halogens is 5. The molecule has 0 aliphatic carbocycles. The van der Waals surface area contributed by atoms with Gasteiger partial charge in [-0.15, -0.1) is 0 Å². The molecule has 1 atom stereocenters. The van der Waals surface area contributed by atoms with Gasteiger partial charge in [0.1, 0.15) is 11.6 Å². The second-order valence-electron chi connectivity index (χ2n) is 14.7. The van der Waals surface area contributed by atoms with Crippen LogP contribution in [0.1, 0.15) is 50.9 Å². The van der Waals surface area contributed by atoms with Crippen molar-refractivity contribution in [1.29, 1.82) is 0 Å². The normalized spacial score (nSPS) is 13.2. The standard InChI is InChI=1S/C40H51F2N5O6S.C2HF3O2/c1-40(2,3)39(34-24-30(32-25-31(41)10-11-33(32)42)27-45(34)26-29-8-5-4-6-9-29)47(17-7-15-43)38(51)28-54-23-14-35(48)44-16-19-52-21-22-53-20-18-46-36(49)12-13-37(46)50;3-2(4,5)1(6)7/h4-6,8-13,24-25,27,39H,7,14-23,26,28,43H2,1-3H3,(H,44,48);(H,6,7)/t39-;/m0./s1. The van der Waals surface area contributed by atoms with Crippen molar-refractivity contribution in [2.24, 2.45) is 11.1 Å². The molecule has 0 fully saturated rings. The number of nitrogens with one attached hydrogen (secondary N) is 1. The van der Waals surface area contributed by atoms with Crippen LogP contribution in [-0.2, 0) is 40.0 Å². The van der Waals surface area contributed by atoms with E-state index in [1.807, 2.05) is 52.1 Å². The second-order valence-corrected chi connectivity index (χ2v) is 15.8. The molecular formula is C42H52F5N5O8S. The van der Waals surface area contributed by atoms with Crippen LogP contribution in [0, 0.1) is 17.0 Å². The van der Waals surface area contributed by atoms with Gasteiger partial charge in [-0.1, -0.05) is 51.1 Å². The minimum absolute atomic E-state index is 0.106. The van der Waals surface area contributed by atoms with Crippen LogP contribution in [0.5, 0.6) is 0 Å². The lowest BCUT2D eigenvalue weighted by atomic mass is 9.83. The van der Waals surface area contributed by atoms with Crippen LogP contribution in [-0.4, -0.2) is 119 Å². The lowest BCUT2D eigenvalue weighted by molar-refractivity contribution is -0.192. The lowest BCUT2D eigenvalue weighted by Crippen LogP contribution is -2.44. The highest BCUT2D eigenvalue weighted by molar-refractivity contribution is 7.99. The highest BCUT2D eigenvalue weighted by atomic mass is 32.2. The van der Waals surface area contributed by atoms with Crippen molar-refractivity contribution in [3.05, 3.63) is 95.8 Å². The summed E-state index contributed by atoms with van der Waals surface area (Å²) >= 11 is 1.37. The van der Waals surface area contributed by atoms with E-state index in [9.17, 15) is 36.7 Å². The number of rotatable bonds is 22. The molecule has 0 radical (unpaired) electrons. The maximum Gasteiger partial charge on any atom is 0.490 e. The summed E-state index contributed by atoms with van der Waals surface area (Å²) < 4.78 is 74.0. The molecule has 0 spiro atoms. The zero-order chi connectivity index (χ0) is 45.2. The predicted octanol–water partition coefficient (Wildman–Crippen LogP) is 5.58. The number of carbonyl (C=O) groups is 5. The smallest absolute Gasteiger partial charge is 0.475 e. The molecule has 1 aromatic heterocycles. The van der Waals surface area contributed by atoms with E-state index in [4.69, 9.17) is 25.1 Å². The Kier molecular flexibility index (Phi) is 20.1. The van der Waals surface area contributed by atoms with Crippen molar-refractivity contribution in [1.82, 2.24) is 19.7 Å². The Bertz CT molecular complexity index is 1940. The number of carbonyl (C=O) groups excluding carboxylic acids is 4. The van der Waals surface area contributed by atoms with E-state index in [0.29, 0.717) is 50.5 Å². The summed E-state index contributed by atoms with van der Waals surface area (Å²) in [5, 5.41) is 9.94. The van der Waals surface area contributed by atoms with Gasteiger partial charge in [0.2, 0.25) is 11.8 Å². The number of alkyl halides is 3. The number of benzene rings is 2. The summed E-state index contributed by atoms with van der Waals surface area (Å²) in [6, 6.07) is 14.6. The Hall–Kier alpha value is -5.11. The molecule has 2 heterocycles. The number of amides is 4. The molecule has 0 bridgehead atoms. The zero-order valence-corrected chi connectivity index (χ0v) is 35.0. The van der Waals surface area contributed by atoms with Gasteiger partial charge in [-0.3, -0.25) is 24.1 Å². The molecule has 4 amide bonds. The van der Waals surface area contributed by atoms with Gasteiger partial charge in [0.15, 0.2) is 0 Å². The van der Waals surface area contributed by atoms with Crippen LogP contribution in [0.25, 0.3) is 11.1 Å². The first-order chi connectivity index (χ1) is 28.8. The largest absolute Gasteiger partial charge is 0.490 e. The van der Waals surface area contributed by atoms with Crippen LogP contribution in [0.3, 0.4) is 0 Å². The average molecular weight is 882 g/mol. The number of aliphatic carboxylic acids is 1. The third kappa shape index (κ3) is 16.7. The van der Waals surface area contributed by atoms with Gasteiger partial charge in [0.25, 0.3) is 11.8 Å². The summed E-state index contributed by atoms with van der Waals surface area (Å²) in [6.07, 6.45) is -0.0157. The Morgan fingerprint density at radius 3 is 2.18 bits per heavy atom. The van der Waals surface area contributed by atoms with Gasteiger partial charge >= 0.3 is 12.1 Å². The molecule has 0 unspecified atom stereocenters. The van der Waals surface area contributed by atoms with Crippen molar-refractivity contribution >= 4 is 41.4 Å². The number of imide groups is 1. The quantitative estimate of drug-likeness (QED) is 0.0658. The summed E-state index contributed by atoms with van der Waals surface area (Å²) in [6.45, 7) is 8.98. The van der Waals surface area contributed by atoms with Crippen LogP contribution in [0.4, 0.5) is 22.0 Å². The molecule has 19 heteroatoms. The molecule has 0 saturated carbocycles. The van der Waals surface area contributed by atoms with Crippen LogP contribution >= 0.6 is 11.8 Å². The maximum atomic E-state index is 15.0. The fraction of sp³-hybridized carbons (Fsp3) is 0.452. The Morgan fingerprint density at radius 2 is 1.57 bits per heavy atom. The Morgan fingerprint density at radius 1 is 0.934 bits per heavy atom. The molecule has 334 valence electrons. The van der Waals surface area contributed by atoms with Crippen molar-refractivity contribution in [2.75, 3.05) is 64.1 Å². The number of aromatic nitrogens is 1. The first-order valence-electron chi connectivity index (χ1n) is 19.4. The average Bonchev–Trinajstić information content (AvgIpc) is 3.75. The highest BCUT2D eigenvalue weighted by Gasteiger charge is 2.39. The van der Waals surface area contributed by atoms with Gasteiger partial charge < -0.3 is 35.1 Å². The first-order valence-corrected chi connectivity index (χ1v) is 20.5. The van der Waals surface area contributed by atoms with E-state index in [1.54, 1.807) is 0 Å². The van der Waals surface area contributed by atoms with Gasteiger partial charge in [0, 0.05) is 67.0 Å². The molecule has 1 aliphatic rings. The van der Waals surface area contributed by atoms with Gasteiger partial charge in [-0.2, -0.15) is 24.9 Å². The summed E-state index contributed by atoms with van der Waals surface area (Å²) in [7, 11) is 0. The lowest BCUT2D eigenvalue weighted by Gasteiger charge is -2.41. The minimum atomic E-state index is -5.08. The van der Waals surface area contributed by atoms with Crippen molar-refractivity contribution in [2.45, 2.75) is 52.4 Å². The van der Waals surface area contributed by atoms with Crippen molar-refractivity contribution in [3.8, 4) is 11.1 Å². The predicted molar refractivity (Wildman–Crippen MR) is 219 cm³/mol. The zero-order valence-electron chi connectivity index (χ0n) is 34.2. The van der Waals surface area contributed by atoms with Crippen LogP contribution < -0.4 is 11.1 Å². The molecule has 2 aromatic carbocycles. The molecule has 61 heavy (non-hydrogen) atoms. The molecule has 4 rings (SSSR count). The molecule has 0 saturated heterocycles. The van der Waals surface area contributed by atoms with Crippen molar-refractivity contribution in [3.63, 3.8) is 0 Å². The number of nitrogens with two attached hydrogens (primary N) is 1. The number of ether oxygens (including phenoxy) is 2. The molecular weight excluding hydrogens is 830 g/mol. The minimum Gasteiger partial charge on any atom is -0.475 e. The van der Waals surface area contributed by atoms with Gasteiger partial charge in [-0.25, -0.2) is 13.6 Å². The number of hydrogen-bond donors (Lipinski definition) is 3. The molecule has 13 nitrogen and oxygen atoms in total. The summed E-state index contributed by atoms with van der Waals surface area (Å²) in [5.41, 5.74) is 7.94. The molecule has 1 aliphatic heterocycles. The third-order valence-corrected chi connectivity index (χ3v) is 9.89. The Labute approximate surface area is 355 Å². The van der Waals surface area contributed by atoms with Crippen LogP contribution in [0.2, 0.25) is 0 Å². The fourth-order valence-corrected chi connectivity index (χ4v) is 6.97. The SMILES string of the molecule is CC(C)(C)[C@H](c1cc(-c2cc(F)ccc2F)cn1Cc1ccccc1)N(CCCN)C(=O)CSCCC(=O)NCCOCCOCCN1C(=O)C=CC1=O.O=C(O)C(F)(F)F. The van der Waals surface area contributed by atoms with E-state index in [1.165, 1.54) is 30.0 Å². The number of carboxylic acid groups (broad SMARTS) is 1. The van der Waals surface area contributed by atoms with E-state index >= 15 is 4.39 Å². The number of hydrogen-bond acceptors (Lipinski definition) is 9. The van der Waals surface area contributed by atoms with E-state index < -0.39 is 35.2 Å². The van der Waals surface area contributed by atoms with E-state index in [2.05, 4.69) is 26.1 Å². The van der Waals surface area contributed by atoms with Gasteiger partial charge in [0.05, 0.1) is 44.8 Å². The second kappa shape index (κ2) is 24.4. The Balaban J connectivity index is 0.00000130. The van der Waals surface area contributed by atoms with E-state index in [0.717, 1.165) is 28.3 Å². The number of carboxylic acids is 1. The maximum absolute atomic E-state index is 15.0. The summed E-state index contributed by atoms with van der Waals surface area (Å²) in [5.74, 6) is -4.22. The number of nitrogens with zero attached hydrogens (tertiary/aromatic N) is 3. The van der Waals surface area contributed by atoms with Crippen molar-refractivity contribution < 1.29 is 60.5 Å². The first kappa shape index (κ1) is 50.2. The van der Waals surface area contributed by atoms with E-state index in [-0.39, 0.29) is 67.7 Å². The topological polar surface area (TPSA) is 173 Å². The highest BCUT2D eigenvalue weighted by Crippen LogP contribution is 2.41. The fourth-order valence-electron chi connectivity index (χ4n) is 6.16. The molecule has 3 aromatic rings. The third-order valence-electron chi connectivity index (χ3n) is 8.94.